The summed E-state index contributed by atoms with van der Waals surface area (Å²) in [6.45, 7) is 8.18. The van der Waals surface area contributed by atoms with Crippen LogP contribution in [0.3, 0.4) is 0 Å². The molecular weight excluding hydrogens is 224 g/mol. The molecule has 1 aromatic carbocycles. The fourth-order valence-corrected chi connectivity index (χ4v) is 2.11. The van der Waals surface area contributed by atoms with Crippen molar-refractivity contribution in [2.24, 2.45) is 5.92 Å². The van der Waals surface area contributed by atoms with Gasteiger partial charge in [-0.15, -0.1) is 0 Å². The second-order valence-corrected chi connectivity index (χ2v) is 5.23. The predicted octanol–water partition coefficient (Wildman–Crippen LogP) is 3.39. The highest BCUT2D eigenvalue weighted by molar-refractivity contribution is 5.42. The van der Waals surface area contributed by atoms with Crippen molar-refractivity contribution >= 4 is 0 Å². The summed E-state index contributed by atoms with van der Waals surface area (Å²) < 4.78 is 1.86. The summed E-state index contributed by atoms with van der Waals surface area (Å²) in [5, 5.41) is 14.6. The van der Waals surface area contributed by atoms with E-state index in [1.807, 2.05) is 23.7 Å². The van der Waals surface area contributed by atoms with Gasteiger partial charge in [0.25, 0.3) is 0 Å². The summed E-state index contributed by atoms with van der Waals surface area (Å²) in [4.78, 5) is 0. The Morgan fingerprint density at radius 3 is 2.61 bits per heavy atom. The van der Waals surface area contributed by atoms with E-state index in [4.69, 9.17) is 0 Å². The zero-order valence-corrected chi connectivity index (χ0v) is 11.4. The van der Waals surface area contributed by atoms with Gasteiger partial charge in [0.1, 0.15) is 5.69 Å². The van der Waals surface area contributed by atoms with Crippen molar-refractivity contribution in [3.63, 3.8) is 0 Å². The quantitative estimate of drug-likeness (QED) is 0.898. The maximum atomic E-state index is 10.1. The van der Waals surface area contributed by atoms with Gasteiger partial charge in [0.05, 0.1) is 11.4 Å². The van der Waals surface area contributed by atoms with Gasteiger partial charge >= 0.3 is 0 Å². The summed E-state index contributed by atoms with van der Waals surface area (Å²) >= 11 is 0. The molecule has 0 spiro atoms. The van der Waals surface area contributed by atoms with Gasteiger partial charge in [-0.3, -0.25) is 0 Å². The molecule has 0 aliphatic heterocycles. The van der Waals surface area contributed by atoms with Crippen LogP contribution >= 0.6 is 0 Å². The number of aromatic hydroxyl groups is 1. The zero-order chi connectivity index (χ0) is 13.3. The number of nitrogens with zero attached hydrogens (tertiary/aromatic N) is 2. The Balaban J connectivity index is 2.53. The van der Waals surface area contributed by atoms with E-state index in [2.05, 4.69) is 38.0 Å². The average molecular weight is 244 g/mol. The van der Waals surface area contributed by atoms with Crippen molar-refractivity contribution in [2.45, 2.75) is 34.1 Å². The van der Waals surface area contributed by atoms with Crippen LogP contribution in [0.1, 0.15) is 30.8 Å². The van der Waals surface area contributed by atoms with Crippen molar-refractivity contribution in [3.8, 4) is 11.4 Å². The lowest BCUT2D eigenvalue weighted by atomic mass is 10.1. The summed E-state index contributed by atoms with van der Waals surface area (Å²) in [5.74, 6) is 0.806. The lowest BCUT2D eigenvalue weighted by Crippen LogP contribution is -2.05. The monoisotopic (exact) mass is 244 g/mol. The Labute approximate surface area is 108 Å². The van der Waals surface area contributed by atoms with Crippen LogP contribution in [-0.4, -0.2) is 14.9 Å². The fourth-order valence-electron chi connectivity index (χ4n) is 2.11. The van der Waals surface area contributed by atoms with Gasteiger partial charge in [0.15, 0.2) is 5.75 Å². The lowest BCUT2D eigenvalue weighted by Gasteiger charge is -2.10. The maximum absolute atomic E-state index is 10.1. The second-order valence-electron chi connectivity index (χ2n) is 5.23. The summed E-state index contributed by atoms with van der Waals surface area (Å²) in [6.07, 6.45) is 0.820. The zero-order valence-electron chi connectivity index (χ0n) is 11.4. The largest absolute Gasteiger partial charge is 0.504 e. The molecule has 3 heteroatoms. The molecule has 0 amide bonds. The van der Waals surface area contributed by atoms with Crippen molar-refractivity contribution in [2.75, 3.05) is 0 Å². The van der Waals surface area contributed by atoms with E-state index in [0.717, 1.165) is 17.8 Å². The van der Waals surface area contributed by atoms with Crippen molar-refractivity contribution in [3.05, 3.63) is 41.2 Å². The maximum Gasteiger partial charge on any atom is 0.160 e. The molecular formula is C15H20N2O. The number of hydrogen-bond donors (Lipinski definition) is 1. The third-order valence-electron chi connectivity index (χ3n) is 2.97. The summed E-state index contributed by atoms with van der Waals surface area (Å²) in [5.41, 5.74) is 3.78. The van der Waals surface area contributed by atoms with E-state index >= 15 is 0 Å². The first-order chi connectivity index (χ1) is 8.49. The molecule has 0 radical (unpaired) electrons. The third kappa shape index (κ3) is 2.40. The highest BCUT2D eigenvalue weighted by Gasteiger charge is 2.16. The van der Waals surface area contributed by atoms with E-state index in [0.29, 0.717) is 17.4 Å². The van der Waals surface area contributed by atoms with Crippen LogP contribution in [-0.2, 0) is 6.42 Å². The smallest absolute Gasteiger partial charge is 0.160 e. The SMILES string of the molecule is Cc1cccc(-n2nc(C)c(O)c2CC(C)C)c1. The van der Waals surface area contributed by atoms with Gasteiger partial charge in [0.2, 0.25) is 0 Å². The van der Waals surface area contributed by atoms with Crippen LogP contribution in [0.15, 0.2) is 24.3 Å². The first kappa shape index (κ1) is 12.7. The van der Waals surface area contributed by atoms with Gasteiger partial charge in [-0.1, -0.05) is 26.0 Å². The first-order valence-electron chi connectivity index (χ1n) is 6.33. The van der Waals surface area contributed by atoms with Crippen LogP contribution in [0, 0.1) is 19.8 Å². The predicted molar refractivity (Wildman–Crippen MR) is 73.2 cm³/mol. The van der Waals surface area contributed by atoms with Gasteiger partial charge in [0, 0.05) is 0 Å². The van der Waals surface area contributed by atoms with Gasteiger partial charge in [-0.05, 0) is 43.9 Å². The van der Waals surface area contributed by atoms with E-state index in [-0.39, 0.29) is 0 Å². The molecule has 96 valence electrons. The van der Waals surface area contributed by atoms with Gasteiger partial charge in [-0.25, -0.2) is 4.68 Å². The average Bonchev–Trinajstić information content (AvgIpc) is 2.57. The topological polar surface area (TPSA) is 38.0 Å². The standard InChI is InChI=1S/C15H20N2O/c1-10(2)8-14-15(18)12(4)16-17(14)13-7-5-6-11(3)9-13/h5-7,9-10,18H,8H2,1-4H3. The van der Waals surface area contributed by atoms with Crippen molar-refractivity contribution < 1.29 is 5.11 Å². The van der Waals surface area contributed by atoms with Crippen molar-refractivity contribution in [1.82, 2.24) is 9.78 Å². The van der Waals surface area contributed by atoms with Gasteiger partial charge < -0.3 is 5.11 Å². The van der Waals surface area contributed by atoms with Gasteiger partial charge in [-0.2, -0.15) is 5.10 Å². The summed E-state index contributed by atoms with van der Waals surface area (Å²) in [7, 11) is 0. The van der Waals surface area contributed by atoms with E-state index < -0.39 is 0 Å². The van der Waals surface area contributed by atoms with Crippen LogP contribution in [0.2, 0.25) is 0 Å². The molecule has 0 fully saturated rings. The molecule has 0 aliphatic rings. The molecule has 2 rings (SSSR count). The highest BCUT2D eigenvalue weighted by atomic mass is 16.3. The first-order valence-corrected chi connectivity index (χ1v) is 6.33. The van der Waals surface area contributed by atoms with Crippen LogP contribution < -0.4 is 0 Å². The molecule has 1 heterocycles. The Kier molecular flexibility index (Phi) is 3.41. The third-order valence-corrected chi connectivity index (χ3v) is 2.97. The van der Waals surface area contributed by atoms with E-state index in [1.165, 1.54) is 5.56 Å². The Bertz CT molecular complexity index is 556. The number of hydrogen-bond acceptors (Lipinski definition) is 2. The fraction of sp³-hybridized carbons (Fsp3) is 0.400. The van der Waals surface area contributed by atoms with Crippen molar-refractivity contribution in [1.29, 1.82) is 0 Å². The minimum absolute atomic E-state index is 0.324. The minimum Gasteiger partial charge on any atom is -0.504 e. The minimum atomic E-state index is 0.324. The molecule has 3 nitrogen and oxygen atoms in total. The second kappa shape index (κ2) is 4.84. The lowest BCUT2D eigenvalue weighted by molar-refractivity contribution is 0.457. The molecule has 2 aromatic rings. The highest BCUT2D eigenvalue weighted by Crippen LogP contribution is 2.27. The van der Waals surface area contributed by atoms with Crippen LogP contribution in [0.25, 0.3) is 5.69 Å². The number of aromatic nitrogens is 2. The number of aryl methyl sites for hydroxylation is 2. The van der Waals surface area contributed by atoms with Crippen LogP contribution in [0.5, 0.6) is 5.75 Å². The molecule has 1 aromatic heterocycles. The normalized spacial score (nSPS) is 11.2. The summed E-state index contributed by atoms with van der Waals surface area (Å²) in [6, 6.07) is 8.16. The molecule has 0 aliphatic carbocycles. The molecule has 18 heavy (non-hydrogen) atoms. The molecule has 0 bridgehead atoms. The Hall–Kier alpha value is -1.77. The Morgan fingerprint density at radius 1 is 1.28 bits per heavy atom. The molecule has 0 saturated heterocycles. The Morgan fingerprint density at radius 2 is 2.00 bits per heavy atom. The van der Waals surface area contributed by atoms with Crippen LogP contribution in [0.4, 0.5) is 0 Å². The van der Waals surface area contributed by atoms with E-state index in [9.17, 15) is 5.11 Å². The number of rotatable bonds is 3. The molecule has 0 unspecified atom stereocenters. The number of benzene rings is 1. The molecule has 1 N–H and O–H groups in total. The molecule has 0 saturated carbocycles. The van der Waals surface area contributed by atoms with E-state index in [1.54, 1.807) is 0 Å². The molecule has 0 atom stereocenters.